The van der Waals surface area contributed by atoms with Crippen molar-refractivity contribution in [1.82, 2.24) is 19.4 Å². The number of aromatic nitrogens is 2. The molecule has 0 atom stereocenters. The van der Waals surface area contributed by atoms with Crippen LogP contribution < -0.4 is 4.90 Å². The molecule has 2 aromatic heterocycles. The normalized spacial score (nSPS) is 16.7. The second-order valence-corrected chi connectivity index (χ2v) is 11.7. The highest BCUT2D eigenvalue weighted by molar-refractivity contribution is 5.98. The van der Waals surface area contributed by atoms with E-state index < -0.39 is 0 Å². The van der Waals surface area contributed by atoms with Crippen molar-refractivity contribution in [1.29, 1.82) is 0 Å². The van der Waals surface area contributed by atoms with Crippen molar-refractivity contribution in [2.45, 2.75) is 39.8 Å². The summed E-state index contributed by atoms with van der Waals surface area (Å²) in [6.07, 6.45) is 2.75. The molecule has 4 heterocycles. The molecule has 0 radical (unpaired) electrons. The van der Waals surface area contributed by atoms with E-state index >= 15 is 0 Å². The Morgan fingerprint density at radius 1 is 0.949 bits per heavy atom. The lowest BCUT2D eigenvalue weighted by Gasteiger charge is -2.48. The van der Waals surface area contributed by atoms with Gasteiger partial charge in [-0.1, -0.05) is 49.7 Å². The third-order valence-electron chi connectivity index (χ3n) is 8.24. The number of hydrogen-bond acceptors (Lipinski definition) is 4. The molecule has 2 fully saturated rings. The van der Waals surface area contributed by atoms with Crippen molar-refractivity contribution < 1.29 is 4.79 Å². The van der Waals surface area contributed by atoms with Crippen molar-refractivity contribution >= 4 is 22.6 Å². The maximum absolute atomic E-state index is 13.4. The molecule has 2 aromatic carbocycles. The van der Waals surface area contributed by atoms with E-state index in [1.807, 2.05) is 29.3 Å². The van der Waals surface area contributed by atoms with Gasteiger partial charge in [0.05, 0.1) is 0 Å². The van der Waals surface area contributed by atoms with Crippen molar-refractivity contribution in [3.8, 4) is 0 Å². The van der Waals surface area contributed by atoms with Gasteiger partial charge in [0, 0.05) is 86.6 Å². The number of aryl methyl sites for hydroxylation is 1. The lowest BCUT2D eigenvalue weighted by Crippen LogP contribution is -2.64. The van der Waals surface area contributed by atoms with Crippen LogP contribution >= 0.6 is 0 Å². The molecular weight excluding hydrogens is 482 g/mol. The van der Waals surface area contributed by atoms with E-state index in [1.165, 1.54) is 22.3 Å². The van der Waals surface area contributed by atoms with E-state index in [-0.39, 0.29) is 5.91 Å². The zero-order valence-electron chi connectivity index (χ0n) is 23.4. The minimum atomic E-state index is 0.150. The predicted molar refractivity (Wildman–Crippen MR) is 158 cm³/mol. The van der Waals surface area contributed by atoms with Crippen molar-refractivity contribution in [3.05, 3.63) is 95.3 Å². The highest BCUT2D eigenvalue weighted by atomic mass is 16.2. The monoisotopic (exact) mass is 521 g/mol. The van der Waals surface area contributed by atoms with Crippen molar-refractivity contribution in [2.24, 2.45) is 5.92 Å². The van der Waals surface area contributed by atoms with Gasteiger partial charge in [-0.2, -0.15) is 0 Å². The summed E-state index contributed by atoms with van der Waals surface area (Å²) in [4.78, 5) is 24.8. The summed E-state index contributed by atoms with van der Waals surface area (Å²) in [7, 11) is 0. The third-order valence-corrected chi connectivity index (χ3v) is 8.24. The topological polar surface area (TPSA) is 44.6 Å². The Kier molecular flexibility index (Phi) is 7.13. The molecule has 0 bridgehead atoms. The van der Waals surface area contributed by atoms with Gasteiger partial charge in [-0.25, -0.2) is 4.98 Å². The number of likely N-dealkylation sites (tertiary alicyclic amines) is 1. The molecule has 0 aliphatic carbocycles. The molecule has 4 aromatic rings. The minimum absolute atomic E-state index is 0.150. The largest absolute Gasteiger partial charge is 0.354 e. The number of benzene rings is 2. The van der Waals surface area contributed by atoms with Gasteiger partial charge >= 0.3 is 0 Å². The Bertz CT molecular complexity index is 1430. The van der Waals surface area contributed by atoms with E-state index in [9.17, 15) is 4.79 Å². The van der Waals surface area contributed by atoms with Gasteiger partial charge in [-0.05, 0) is 54.8 Å². The quantitative estimate of drug-likeness (QED) is 0.334. The lowest BCUT2D eigenvalue weighted by molar-refractivity contribution is 0.0246. The SMILES string of the molecule is Cc1ccc(Cc2cc3cc(C(=O)N4CC(N5CCN(c6ccccn6)CC5)C4)ccc3n2CC(C)C)cc1. The summed E-state index contributed by atoms with van der Waals surface area (Å²) in [6.45, 7) is 13.2. The molecule has 6 rings (SSSR count). The molecule has 1 amide bonds. The van der Waals surface area contributed by atoms with Gasteiger partial charge in [-0.15, -0.1) is 0 Å². The maximum atomic E-state index is 13.4. The van der Waals surface area contributed by atoms with Crippen LogP contribution in [0.4, 0.5) is 5.82 Å². The number of nitrogens with zero attached hydrogens (tertiary/aromatic N) is 5. The second-order valence-electron chi connectivity index (χ2n) is 11.7. The maximum Gasteiger partial charge on any atom is 0.253 e. The number of amides is 1. The number of piperazine rings is 1. The first kappa shape index (κ1) is 25.6. The van der Waals surface area contributed by atoms with Crippen LogP contribution in [-0.2, 0) is 13.0 Å². The second kappa shape index (κ2) is 10.9. The number of hydrogen-bond donors (Lipinski definition) is 0. The van der Waals surface area contributed by atoms with Crippen LogP contribution in [0.1, 0.15) is 41.0 Å². The number of carbonyl (C=O) groups is 1. The van der Waals surface area contributed by atoms with Crippen molar-refractivity contribution in [2.75, 3.05) is 44.2 Å². The summed E-state index contributed by atoms with van der Waals surface area (Å²) in [5.74, 6) is 1.75. The van der Waals surface area contributed by atoms with E-state index in [4.69, 9.17) is 0 Å². The van der Waals surface area contributed by atoms with Crippen LogP contribution in [0.2, 0.25) is 0 Å². The van der Waals surface area contributed by atoms with Crippen LogP contribution in [0, 0.1) is 12.8 Å². The molecule has 2 aliphatic heterocycles. The molecule has 39 heavy (non-hydrogen) atoms. The molecular formula is C33H39N5O. The Balaban J connectivity index is 1.11. The van der Waals surface area contributed by atoms with E-state index in [1.54, 1.807) is 0 Å². The average Bonchev–Trinajstić information content (AvgIpc) is 3.25. The highest BCUT2D eigenvalue weighted by Gasteiger charge is 2.36. The summed E-state index contributed by atoms with van der Waals surface area (Å²) < 4.78 is 2.44. The summed E-state index contributed by atoms with van der Waals surface area (Å²) >= 11 is 0. The standard InChI is InChI=1S/C33H39N5O/c1-24(2)21-38-29(18-26-9-7-25(3)8-10-26)20-28-19-27(11-12-31(28)38)33(39)37-22-30(23-37)35-14-16-36(17-15-35)32-6-4-5-13-34-32/h4-13,19-20,24,30H,14-18,21-23H2,1-3H3. The fraction of sp³-hybridized carbons (Fsp3) is 0.394. The van der Waals surface area contributed by atoms with Crippen LogP contribution in [-0.4, -0.2) is 70.6 Å². The smallest absolute Gasteiger partial charge is 0.253 e. The number of carbonyl (C=O) groups excluding carboxylic acids is 1. The fourth-order valence-corrected chi connectivity index (χ4v) is 6.00. The Morgan fingerprint density at radius 3 is 2.41 bits per heavy atom. The van der Waals surface area contributed by atoms with Gasteiger partial charge in [0.25, 0.3) is 5.91 Å². The Labute approximate surface area is 231 Å². The first-order valence-electron chi connectivity index (χ1n) is 14.3. The van der Waals surface area contributed by atoms with E-state index in [0.717, 1.165) is 69.0 Å². The first-order chi connectivity index (χ1) is 18.9. The number of rotatable bonds is 7. The van der Waals surface area contributed by atoms with Crippen LogP contribution in [0.25, 0.3) is 10.9 Å². The molecule has 0 spiro atoms. The summed E-state index contributed by atoms with van der Waals surface area (Å²) in [5.41, 5.74) is 5.92. The number of fused-ring (bicyclic) bond motifs is 1. The molecule has 0 saturated carbocycles. The van der Waals surface area contributed by atoms with Gasteiger partial charge in [-0.3, -0.25) is 9.69 Å². The fourth-order valence-electron chi connectivity index (χ4n) is 6.00. The molecule has 6 heteroatoms. The van der Waals surface area contributed by atoms with E-state index in [2.05, 4.69) is 88.7 Å². The van der Waals surface area contributed by atoms with Crippen LogP contribution in [0.15, 0.2) is 72.9 Å². The Hall–Kier alpha value is -3.64. The number of pyridine rings is 1. The van der Waals surface area contributed by atoms with Crippen molar-refractivity contribution in [3.63, 3.8) is 0 Å². The Morgan fingerprint density at radius 2 is 1.72 bits per heavy atom. The lowest BCUT2D eigenvalue weighted by atomic mass is 10.0. The van der Waals surface area contributed by atoms with Crippen LogP contribution in [0.3, 0.4) is 0 Å². The molecule has 202 valence electrons. The first-order valence-corrected chi connectivity index (χ1v) is 14.3. The predicted octanol–water partition coefficient (Wildman–Crippen LogP) is 5.24. The minimum Gasteiger partial charge on any atom is -0.354 e. The number of anilines is 1. The van der Waals surface area contributed by atoms with Gasteiger partial charge < -0.3 is 14.4 Å². The van der Waals surface area contributed by atoms with Gasteiger partial charge in [0.15, 0.2) is 0 Å². The average molecular weight is 522 g/mol. The molecule has 2 saturated heterocycles. The summed E-state index contributed by atoms with van der Waals surface area (Å²) in [6, 6.07) is 23.9. The molecule has 2 aliphatic rings. The zero-order valence-corrected chi connectivity index (χ0v) is 23.4. The molecule has 0 N–H and O–H groups in total. The zero-order chi connectivity index (χ0) is 26.9. The highest BCUT2D eigenvalue weighted by Crippen LogP contribution is 2.27. The van der Waals surface area contributed by atoms with E-state index in [0.29, 0.717) is 12.0 Å². The van der Waals surface area contributed by atoms with Crippen LogP contribution in [0.5, 0.6) is 0 Å². The van der Waals surface area contributed by atoms with Gasteiger partial charge in [0.2, 0.25) is 0 Å². The molecule has 6 nitrogen and oxygen atoms in total. The summed E-state index contributed by atoms with van der Waals surface area (Å²) in [5, 5.41) is 1.16. The van der Waals surface area contributed by atoms with Gasteiger partial charge in [0.1, 0.15) is 5.82 Å². The third kappa shape index (κ3) is 5.44. The molecule has 0 unspecified atom stereocenters.